The van der Waals surface area contributed by atoms with Gasteiger partial charge in [-0.25, -0.2) is 5.43 Å². The van der Waals surface area contributed by atoms with Crippen LogP contribution in [0, 0.1) is 5.92 Å². The first-order valence-electron chi connectivity index (χ1n) is 7.52. The van der Waals surface area contributed by atoms with Crippen LogP contribution in [0.3, 0.4) is 0 Å². The fourth-order valence-corrected chi connectivity index (χ4v) is 2.42. The molecular weight excluding hydrogens is 248 g/mol. The molecule has 0 unspecified atom stereocenters. The molecule has 0 aliphatic heterocycles. The van der Waals surface area contributed by atoms with Crippen LogP contribution in [0.25, 0.3) is 0 Å². The van der Waals surface area contributed by atoms with Crippen molar-refractivity contribution in [2.75, 3.05) is 0 Å². The van der Waals surface area contributed by atoms with Gasteiger partial charge in [0.05, 0.1) is 0 Å². The molecule has 1 aliphatic carbocycles. The molecule has 3 heteroatoms. The summed E-state index contributed by atoms with van der Waals surface area (Å²) in [5.74, 6) is 1.15. The zero-order valence-electron chi connectivity index (χ0n) is 12.6. The highest BCUT2D eigenvalue weighted by Crippen LogP contribution is 2.21. The molecule has 0 saturated heterocycles. The fraction of sp³-hybridized carbons (Fsp3) is 0.529. The summed E-state index contributed by atoms with van der Waals surface area (Å²) >= 11 is 0. The Labute approximate surface area is 121 Å². The van der Waals surface area contributed by atoms with Crippen molar-refractivity contribution >= 4 is 11.6 Å². The van der Waals surface area contributed by atoms with Crippen LogP contribution in [-0.4, -0.2) is 11.6 Å². The summed E-state index contributed by atoms with van der Waals surface area (Å²) in [6.45, 7) is 6.56. The summed E-state index contributed by atoms with van der Waals surface area (Å²) in [5.41, 5.74) is 5.72. The SMILES string of the molecule is CC1CCC(=NNC(=O)c2ccc(C(C)C)cc2)CC1. The van der Waals surface area contributed by atoms with E-state index in [0.29, 0.717) is 11.5 Å². The molecule has 1 N–H and O–H groups in total. The molecule has 1 amide bonds. The molecule has 0 heterocycles. The number of hydrogen-bond donors (Lipinski definition) is 1. The number of amides is 1. The summed E-state index contributed by atoms with van der Waals surface area (Å²) in [6.07, 6.45) is 4.37. The molecule has 2 rings (SSSR count). The number of carbonyl (C=O) groups excluding carboxylic acids is 1. The summed E-state index contributed by atoms with van der Waals surface area (Å²) in [6, 6.07) is 7.76. The Kier molecular flexibility index (Phi) is 4.94. The van der Waals surface area contributed by atoms with E-state index in [9.17, 15) is 4.79 Å². The van der Waals surface area contributed by atoms with Crippen LogP contribution >= 0.6 is 0 Å². The largest absolute Gasteiger partial charge is 0.271 e. The van der Waals surface area contributed by atoms with E-state index in [2.05, 4.69) is 31.3 Å². The van der Waals surface area contributed by atoms with Crippen molar-refractivity contribution in [2.24, 2.45) is 11.0 Å². The van der Waals surface area contributed by atoms with Gasteiger partial charge in [-0.05, 0) is 55.2 Å². The van der Waals surface area contributed by atoms with E-state index in [0.717, 1.165) is 24.5 Å². The Bertz CT molecular complexity index is 478. The number of hydrazone groups is 1. The van der Waals surface area contributed by atoms with Gasteiger partial charge in [0.1, 0.15) is 0 Å². The maximum atomic E-state index is 12.0. The summed E-state index contributed by atoms with van der Waals surface area (Å²) in [5, 5.41) is 4.27. The van der Waals surface area contributed by atoms with Gasteiger partial charge in [-0.15, -0.1) is 0 Å². The van der Waals surface area contributed by atoms with E-state index < -0.39 is 0 Å². The minimum absolute atomic E-state index is 0.119. The minimum Gasteiger partial charge on any atom is -0.267 e. The molecular formula is C17H24N2O. The number of benzene rings is 1. The first-order chi connectivity index (χ1) is 9.56. The molecule has 0 radical (unpaired) electrons. The van der Waals surface area contributed by atoms with E-state index >= 15 is 0 Å². The average molecular weight is 272 g/mol. The van der Waals surface area contributed by atoms with E-state index in [-0.39, 0.29) is 5.91 Å². The third-order valence-corrected chi connectivity index (χ3v) is 4.01. The van der Waals surface area contributed by atoms with Gasteiger partial charge in [-0.2, -0.15) is 5.10 Å². The molecule has 0 spiro atoms. The van der Waals surface area contributed by atoms with Crippen molar-refractivity contribution in [3.05, 3.63) is 35.4 Å². The first kappa shape index (κ1) is 14.8. The molecule has 108 valence electrons. The Morgan fingerprint density at radius 1 is 1.20 bits per heavy atom. The molecule has 1 aromatic rings. The number of carbonyl (C=O) groups is 1. The monoisotopic (exact) mass is 272 g/mol. The van der Waals surface area contributed by atoms with Crippen molar-refractivity contribution in [2.45, 2.75) is 52.4 Å². The first-order valence-corrected chi connectivity index (χ1v) is 7.52. The van der Waals surface area contributed by atoms with Gasteiger partial charge in [0.2, 0.25) is 0 Å². The highest BCUT2D eigenvalue weighted by Gasteiger charge is 2.14. The van der Waals surface area contributed by atoms with Crippen molar-refractivity contribution in [1.82, 2.24) is 5.43 Å². The molecule has 1 fully saturated rings. The van der Waals surface area contributed by atoms with Crippen LogP contribution < -0.4 is 5.43 Å². The molecule has 0 bridgehead atoms. The third-order valence-electron chi connectivity index (χ3n) is 4.01. The summed E-state index contributed by atoms with van der Waals surface area (Å²) in [4.78, 5) is 12.0. The van der Waals surface area contributed by atoms with Gasteiger partial charge >= 0.3 is 0 Å². The minimum atomic E-state index is -0.119. The Morgan fingerprint density at radius 2 is 1.80 bits per heavy atom. The lowest BCUT2D eigenvalue weighted by Gasteiger charge is -2.18. The van der Waals surface area contributed by atoms with Crippen molar-refractivity contribution in [3.8, 4) is 0 Å². The molecule has 0 aromatic heterocycles. The zero-order chi connectivity index (χ0) is 14.5. The zero-order valence-corrected chi connectivity index (χ0v) is 12.6. The third kappa shape index (κ3) is 3.92. The Morgan fingerprint density at radius 3 is 2.35 bits per heavy atom. The Hall–Kier alpha value is -1.64. The molecule has 0 atom stereocenters. The quantitative estimate of drug-likeness (QED) is 0.827. The number of nitrogens with zero attached hydrogens (tertiary/aromatic N) is 1. The fourth-order valence-electron chi connectivity index (χ4n) is 2.42. The summed E-state index contributed by atoms with van der Waals surface area (Å²) in [7, 11) is 0. The van der Waals surface area contributed by atoms with Gasteiger partial charge in [0.25, 0.3) is 5.91 Å². The van der Waals surface area contributed by atoms with Crippen LogP contribution in [0.4, 0.5) is 0 Å². The maximum Gasteiger partial charge on any atom is 0.271 e. The molecule has 1 saturated carbocycles. The van der Waals surface area contributed by atoms with Gasteiger partial charge in [0.15, 0.2) is 0 Å². The van der Waals surface area contributed by atoms with Gasteiger partial charge < -0.3 is 0 Å². The van der Waals surface area contributed by atoms with E-state index in [1.807, 2.05) is 24.3 Å². The second-order valence-electron chi connectivity index (χ2n) is 6.08. The van der Waals surface area contributed by atoms with Crippen LogP contribution in [0.15, 0.2) is 29.4 Å². The Balaban J connectivity index is 1.93. The van der Waals surface area contributed by atoms with E-state index in [1.54, 1.807) is 0 Å². The molecule has 1 aliphatic rings. The average Bonchev–Trinajstić information content (AvgIpc) is 2.46. The molecule has 20 heavy (non-hydrogen) atoms. The van der Waals surface area contributed by atoms with Crippen molar-refractivity contribution in [3.63, 3.8) is 0 Å². The van der Waals surface area contributed by atoms with Crippen molar-refractivity contribution < 1.29 is 4.79 Å². The second-order valence-corrected chi connectivity index (χ2v) is 6.08. The standard InChI is InChI=1S/C17H24N2O/c1-12(2)14-6-8-15(9-7-14)17(20)19-18-16-10-4-13(3)5-11-16/h6-9,12-13H,4-5,10-11H2,1-3H3,(H,19,20). The highest BCUT2D eigenvalue weighted by molar-refractivity contribution is 5.95. The van der Waals surface area contributed by atoms with Crippen LogP contribution in [0.1, 0.15) is 68.3 Å². The van der Waals surface area contributed by atoms with E-state index in [4.69, 9.17) is 0 Å². The number of nitrogens with one attached hydrogen (secondary N) is 1. The van der Waals surface area contributed by atoms with Crippen LogP contribution in [-0.2, 0) is 0 Å². The van der Waals surface area contributed by atoms with Gasteiger partial charge in [-0.3, -0.25) is 4.79 Å². The maximum absolute atomic E-state index is 12.0. The summed E-state index contributed by atoms with van der Waals surface area (Å²) < 4.78 is 0. The predicted molar refractivity (Wildman–Crippen MR) is 83.1 cm³/mol. The lowest BCUT2D eigenvalue weighted by atomic mass is 9.90. The molecule has 3 nitrogen and oxygen atoms in total. The highest BCUT2D eigenvalue weighted by atomic mass is 16.2. The van der Waals surface area contributed by atoms with E-state index in [1.165, 1.54) is 18.4 Å². The smallest absolute Gasteiger partial charge is 0.267 e. The number of rotatable bonds is 3. The topological polar surface area (TPSA) is 41.5 Å². The van der Waals surface area contributed by atoms with Crippen LogP contribution in [0.2, 0.25) is 0 Å². The van der Waals surface area contributed by atoms with Crippen LogP contribution in [0.5, 0.6) is 0 Å². The lowest BCUT2D eigenvalue weighted by Crippen LogP contribution is -2.21. The molecule has 1 aromatic carbocycles. The lowest BCUT2D eigenvalue weighted by molar-refractivity contribution is 0.0954. The van der Waals surface area contributed by atoms with Gasteiger partial charge in [0, 0.05) is 11.3 Å². The number of hydrogen-bond acceptors (Lipinski definition) is 2. The second kappa shape index (κ2) is 6.69. The predicted octanol–water partition coefficient (Wildman–Crippen LogP) is 4.11. The van der Waals surface area contributed by atoms with Crippen molar-refractivity contribution in [1.29, 1.82) is 0 Å². The normalized spacial score (nSPS) is 19.0. The van der Waals surface area contributed by atoms with Gasteiger partial charge in [-0.1, -0.05) is 32.9 Å².